The number of carboxylic acid groups (broad SMARTS) is 1. The van der Waals surface area contributed by atoms with Crippen molar-refractivity contribution in [1.82, 2.24) is 5.32 Å². The maximum atomic E-state index is 11.7. The van der Waals surface area contributed by atoms with E-state index in [-0.39, 0.29) is 11.1 Å². The fraction of sp³-hybridized carbons (Fsp3) is 0.154. The van der Waals surface area contributed by atoms with Crippen molar-refractivity contribution in [2.24, 2.45) is 0 Å². The molecule has 0 bridgehead atoms. The number of aliphatic carboxylic acids is 1. The summed E-state index contributed by atoms with van der Waals surface area (Å²) in [5.41, 5.74) is 0.0854. The van der Waals surface area contributed by atoms with Gasteiger partial charge in [0.15, 0.2) is 0 Å². The van der Waals surface area contributed by atoms with Crippen LogP contribution in [0.1, 0.15) is 13.8 Å². The van der Waals surface area contributed by atoms with Gasteiger partial charge >= 0.3 is 12.0 Å². The van der Waals surface area contributed by atoms with E-state index in [1.807, 2.05) is 5.32 Å². The van der Waals surface area contributed by atoms with Gasteiger partial charge in [0.2, 0.25) is 0 Å². The number of imide groups is 1. The Hall–Kier alpha value is -2.05. The first kappa shape index (κ1) is 17.0. The molecule has 0 heterocycles. The highest BCUT2D eigenvalue weighted by Gasteiger charge is 2.15. The van der Waals surface area contributed by atoms with E-state index in [9.17, 15) is 14.4 Å². The van der Waals surface area contributed by atoms with Crippen LogP contribution in [0.25, 0.3) is 0 Å². The van der Waals surface area contributed by atoms with Crippen molar-refractivity contribution in [3.05, 3.63) is 39.4 Å². The highest BCUT2D eigenvalue weighted by molar-refractivity contribution is 6.35. The normalized spacial score (nSPS) is 11.4. The second-order valence-electron chi connectivity index (χ2n) is 4.12. The number of carbonyl (C=O) groups excluding carboxylic acids is 2. The maximum Gasteiger partial charge on any atom is 0.331 e. The number of amides is 3. The summed E-state index contributed by atoms with van der Waals surface area (Å²) in [4.78, 5) is 34.1. The van der Waals surface area contributed by atoms with E-state index in [0.29, 0.717) is 15.7 Å². The quantitative estimate of drug-likeness (QED) is 0.742. The van der Waals surface area contributed by atoms with Crippen LogP contribution in [-0.4, -0.2) is 23.0 Å². The number of carboxylic acids is 1. The summed E-state index contributed by atoms with van der Waals surface area (Å²) in [6.45, 7) is 2.58. The summed E-state index contributed by atoms with van der Waals surface area (Å²) < 4.78 is 0. The third-order valence-electron chi connectivity index (χ3n) is 2.57. The zero-order chi connectivity index (χ0) is 16.2. The molecule has 0 aliphatic heterocycles. The first-order chi connectivity index (χ1) is 9.70. The molecule has 1 rings (SSSR count). The summed E-state index contributed by atoms with van der Waals surface area (Å²) in [5.74, 6) is -2.04. The van der Waals surface area contributed by atoms with Gasteiger partial charge in [0.25, 0.3) is 5.91 Å². The molecule has 0 saturated carbocycles. The number of nitrogens with one attached hydrogen (secondary N) is 2. The van der Waals surface area contributed by atoms with Gasteiger partial charge in [0.1, 0.15) is 0 Å². The van der Waals surface area contributed by atoms with Crippen molar-refractivity contribution < 1.29 is 19.5 Å². The topological polar surface area (TPSA) is 95.5 Å². The van der Waals surface area contributed by atoms with Crippen LogP contribution in [0.2, 0.25) is 10.0 Å². The molecule has 0 saturated heterocycles. The Morgan fingerprint density at radius 1 is 1.00 bits per heavy atom. The number of carbonyl (C=O) groups is 3. The van der Waals surface area contributed by atoms with Crippen LogP contribution in [0.3, 0.4) is 0 Å². The first-order valence-electron chi connectivity index (χ1n) is 5.70. The molecule has 0 spiro atoms. The van der Waals surface area contributed by atoms with E-state index < -0.39 is 17.9 Å². The number of anilines is 1. The van der Waals surface area contributed by atoms with Gasteiger partial charge < -0.3 is 10.4 Å². The number of urea groups is 1. The lowest BCUT2D eigenvalue weighted by molar-refractivity contribution is -0.133. The largest absolute Gasteiger partial charge is 0.478 e. The SMILES string of the molecule is CC(C(=O)O)=C(C)C(=O)NC(=O)Nc1cc(Cl)cc(Cl)c1. The number of rotatable bonds is 3. The lowest BCUT2D eigenvalue weighted by Crippen LogP contribution is -2.35. The molecule has 1 aromatic carbocycles. The second-order valence-corrected chi connectivity index (χ2v) is 4.99. The van der Waals surface area contributed by atoms with Crippen LogP contribution >= 0.6 is 23.2 Å². The molecular formula is C13H12Cl2N2O4. The molecule has 1 aromatic rings. The third kappa shape index (κ3) is 5.09. The molecule has 0 aliphatic carbocycles. The van der Waals surface area contributed by atoms with Gasteiger partial charge in [-0.25, -0.2) is 9.59 Å². The lowest BCUT2D eigenvalue weighted by atomic mass is 10.1. The molecule has 0 unspecified atom stereocenters. The summed E-state index contributed by atoms with van der Waals surface area (Å²) in [7, 11) is 0. The van der Waals surface area contributed by atoms with Gasteiger partial charge in [-0.2, -0.15) is 0 Å². The van der Waals surface area contributed by atoms with E-state index >= 15 is 0 Å². The van der Waals surface area contributed by atoms with Crippen LogP contribution in [0.15, 0.2) is 29.3 Å². The van der Waals surface area contributed by atoms with Gasteiger partial charge in [-0.1, -0.05) is 23.2 Å². The van der Waals surface area contributed by atoms with E-state index in [0.717, 1.165) is 0 Å². The van der Waals surface area contributed by atoms with Gasteiger partial charge in [-0.05, 0) is 32.0 Å². The number of hydrogen-bond acceptors (Lipinski definition) is 3. The maximum absolute atomic E-state index is 11.7. The number of halogens is 2. The standard InChI is InChI=1S/C13H12Cl2N2O4/c1-6(7(2)12(19)20)11(18)17-13(21)16-10-4-8(14)3-9(15)5-10/h3-5H,1-2H3,(H,19,20)(H2,16,17,18,21). The van der Waals surface area contributed by atoms with Gasteiger partial charge in [0, 0.05) is 26.9 Å². The fourth-order valence-electron chi connectivity index (χ4n) is 1.32. The Kier molecular flexibility index (Phi) is 5.75. The minimum atomic E-state index is -1.23. The third-order valence-corrected chi connectivity index (χ3v) is 3.01. The molecule has 3 amide bonds. The Morgan fingerprint density at radius 3 is 2.00 bits per heavy atom. The summed E-state index contributed by atoms with van der Waals surface area (Å²) in [6, 6.07) is 3.56. The average molecular weight is 331 g/mol. The molecule has 0 radical (unpaired) electrons. The van der Waals surface area contributed by atoms with Crippen LogP contribution in [-0.2, 0) is 9.59 Å². The minimum Gasteiger partial charge on any atom is -0.478 e. The molecule has 21 heavy (non-hydrogen) atoms. The van der Waals surface area contributed by atoms with Crippen LogP contribution in [0, 0.1) is 0 Å². The van der Waals surface area contributed by atoms with Crippen LogP contribution in [0.4, 0.5) is 10.5 Å². The predicted octanol–water partition coefficient (Wildman–Crippen LogP) is 3.06. The zero-order valence-corrected chi connectivity index (χ0v) is 12.7. The number of benzene rings is 1. The molecule has 8 heteroatoms. The summed E-state index contributed by atoms with van der Waals surface area (Å²) >= 11 is 11.5. The van der Waals surface area contributed by atoms with E-state index in [1.54, 1.807) is 0 Å². The smallest absolute Gasteiger partial charge is 0.331 e. The van der Waals surface area contributed by atoms with Crippen LogP contribution in [0.5, 0.6) is 0 Å². The average Bonchev–Trinajstić information content (AvgIpc) is 2.35. The minimum absolute atomic E-state index is 0.0678. The van der Waals surface area contributed by atoms with E-state index in [4.69, 9.17) is 28.3 Å². The molecule has 6 nitrogen and oxygen atoms in total. The molecule has 0 atom stereocenters. The Labute approximate surface area is 130 Å². The predicted molar refractivity (Wildman–Crippen MR) is 79.6 cm³/mol. The molecule has 112 valence electrons. The molecule has 0 aliphatic rings. The van der Waals surface area contributed by atoms with Crippen molar-refractivity contribution >= 4 is 46.8 Å². The Balaban J connectivity index is 2.76. The highest BCUT2D eigenvalue weighted by Crippen LogP contribution is 2.22. The number of hydrogen-bond donors (Lipinski definition) is 3. The monoisotopic (exact) mass is 330 g/mol. The van der Waals surface area contributed by atoms with Gasteiger partial charge in [-0.15, -0.1) is 0 Å². The van der Waals surface area contributed by atoms with Crippen molar-refractivity contribution in [2.75, 3.05) is 5.32 Å². The van der Waals surface area contributed by atoms with Crippen molar-refractivity contribution in [2.45, 2.75) is 13.8 Å². The van der Waals surface area contributed by atoms with Crippen LogP contribution < -0.4 is 10.6 Å². The molecule has 3 N–H and O–H groups in total. The van der Waals surface area contributed by atoms with Crippen molar-refractivity contribution in [1.29, 1.82) is 0 Å². The summed E-state index contributed by atoms with van der Waals surface area (Å²) in [6.07, 6.45) is 0. The highest BCUT2D eigenvalue weighted by atomic mass is 35.5. The van der Waals surface area contributed by atoms with E-state index in [1.165, 1.54) is 32.0 Å². The van der Waals surface area contributed by atoms with Crippen molar-refractivity contribution in [3.8, 4) is 0 Å². The Morgan fingerprint density at radius 2 is 1.52 bits per heavy atom. The van der Waals surface area contributed by atoms with Gasteiger partial charge in [-0.3, -0.25) is 10.1 Å². The first-order valence-corrected chi connectivity index (χ1v) is 6.45. The summed E-state index contributed by atoms with van der Waals surface area (Å²) in [5, 5.41) is 13.8. The second kappa shape index (κ2) is 7.10. The van der Waals surface area contributed by atoms with Crippen molar-refractivity contribution in [3.63, 3.8) is 0 Å². The fourth-order valence-corrected chi connectivity index (χ4v) is 1.84. The lowest BCUT2D eigenvalue weighted by Gasteiger charge is -2.08. The molecule has 0 fully saturated rings. The Bertz CT molecular complexity index is 621. The zero-order valence-electron chi connectivity index (χ0n) is 11.2. The molecule has 0 aromatic heterocycles. The van der Waals surface area contributed by atoms with Gasteiger partial charge in [0.05, 0.1) is 0 Å². The van der Waals surface area contributed by atoms with E-state index in [2.05, 4.69) is 5.32 Å². The molecular weight excluding hydrogens is 319 g/mol.